The van der Waals surface area contributed by atoms with Crippen molar-refractivity contribution in [2.24, 2.45) is 5.73 Å². The second kappa shape index (κ2) is 5.32. The van der Waals surface area contributed by atoms with Crippen LogP contribution in [0.4, 0.5) is 0 Å². The molecule has 1 rings (SSSR count). The molecule has 0 fully saturated rings. The lowest BCUT2D eigenvalue weighted by atomic mass is 10.3. The molecule has 1 aromatic rings. The standard InChI is InChI=1S/C8H11ClN2O4S2/c1-4-2-6(16-7(4)9)17(14,15)11-3-5(12)8(10)13/h2,5,11-12H,3H2,1H3,(H2,10,13). The molecule has 1 atom stereocenters. The molecule has 1 unspecified atom stereocenters. The first kappa shape index (κ1) is 14.4. The third kappa shape index (κ3) is 3.65. The summed E-state index contributed by atoms with van der Waals surface area (Å²) in [6.07, 6.45) is -1.55. The molecule has 0 aromatic carbocycles. The second-order valence-corrected chi connectivity index (χ2v) is 6.94. The van der Waals surface area contributed by atoms with E-state index in [1.54, 1.807) is 6.92 Å². The van der Waals surface area contributed by atoms with Crippen LogP contribution in [-0.4, -0.2) is 32.1 Å². The van der Waals surface area contributed by atoms with Gasteiger partial charge in [-0.15, -0.1) is 11.3 Å². The highest BCUT2D eigenvalue weighted by atomic mass is 35.5. The van der Waals surface area contributed by atoms with Crippen molar-refractivity contribution in [2.75, 3.05) is 6.54 Å². The zero-order chi connectivity index (χ0) is 13.2. The molecule has 0 aliphatic carbocycles. The normalized spacial score (nSPS) is 13.6. The lowest BCUT2D eigenvalue weighted by molar-refractivity contribution is -0.125. The molecule has 0 aliphatic heterocycles. The third-order valence-corrected chi connectivity index (χ3v) is 5.35. The minimum atomic E-state index is -3.77. The van der Waals surface area contributed by atoms with Crippen LogP contribution < -0.4 is 10.5 Å². The molecular formula is C8H11ClN2O4S2. The number of rotatable bonds is 5. The quantitative estimate of drug-likeness (QED) is 0.701. The van der Waals surface area contributed by atoms with Crippen molar-refractivity contribution >= 4 is 38.9 Å². The first-order valence-corrected chi connectivity index (χ1v) is 7.15. The minimum absolute atomic E-state index is 0.0247. The van der Waals surface area contributed by atoms with Crippen molar-refractivity contribution in [3.8, 4) is 0 Å². The first-order chi connectivity index (χ1) is 7.74. The lowest BCUT2D eigenvalue weighted by Gasteiger charge is -2.07. The number of nitrogens with one attached hydrogen (secondary N) is 1. The van der Waals surface area contributed by atoms with Gasteiger partial charge >= 0.3 is 0 Å². The summed E-state index contributed by atoms with van der Waals surface area (Å²) >= 11 is 6.65. The number of halogens is 1. The molecule has 0 radical (unpaired) electrons. The molecule has 1 aromatic heterocycles. The van der Waals surface area contributed by atoms with E-state index in [0.29, 0.717) is 9.90 Å². The zero-order valence-corrected chi connectivity index (χ0v) is 11.2. The Labute approximate surface area is 107 Å². The minimum Gasteiger partial charge on any atom is -0.382 e. The van der Waals surface area contributed by atoms with Gasteiger partial charge in [0.15, 0.2) is 0 Å². The van der Waals surface area contributed by atoms with Crippen molar-refractivity contribution in [3.05, 3.63) is 16.0 Å². The molecule has 1 amide bonds. The van der Waals surface area contributed by atoms with Gasteiger partial charge in [0.1, 0.15) is 10.3 Å². The highest BCUT2D eigenvalue weighted by molar-refractivity contribution is 7.91. The fourth-order valence-corrected chi connectivity index (χ4v) is 3.72. The van der Waals surface area contributed by atoms with E-state index < -0.39 is 28.6 Å². The Morgan fingerprint density at radius 1 is 1.71 bits per heavy atom. The Morgan fingerprint density at radius 2 is 2.29 bits per heavy atom. The molecule has 6 nitrogen and oxygen atoms in total. The Morgan fingerprint density at radius 3 is 2.71 bits per heavy atom. The predicted molar refractivity (Wildman–Crippen MR) is 64.5 cm³/mol. The van der Waals surface area contributed by atoms with Gasteiger partial charge in [-0.05, 0) is 18.6 Å². The largest absolute Gasteiger partial charge is 0.382 e. The van der Waals surface area contributed by atoms with Gasteiger partial charge in [-0.2, -0.15) is 0 Å². The van der Waals surface area contributed by atoms with E-state index in [9.17, 15) is 13.2 Å². The molecular weight excluding hydrogens is 288 g/mol. The SMILES string of the molecule is Cc1cc(S(=O)(=O)NCC(O)C(N)=O)sc1Cl. The number of hydrogen-bond donors (Lipinski definition) is 3. The highest BCUT2D eigenvalue weighted by Crippen LogP contribution is 2.29. The number of aryl methyl sites for hydroxylation is 1. The summed E-state index contributed by atoms with van der Waals surface area (Å²) in [5.41, 5.74) is 5.44. The van der Waals surface area contributed by atoms with Crippen LogP contribution in [0.2, 0.25) is 4.34 Å². The first-order valence-electron chi connectivity index (χ1n) is 4.47. The molecule has 9 heteroatoms. The summed E-state index contributed by atoms with van der Waals surface area (Å²) in [5, 5.41) is 9.07. The number of hydrogen-bond acceptors (Lipinski definition) is 5. The van der Waals surface area contributed by atoms with Gasteiger partial charge < -0.3 is 10.8 Å². The second-order valence-electron chi connectivity index (χ2n) is 3.29. The van der Waals surface area contributed by atoms with Crippen LogP contribution in [0.15, 0.2) is 10.3 Å². The van der Waals surface area contributed by atoms with Gasteiger partial charge in [0.2, 0.25) is 15.9 Å². The predicted octanol–water partition coefficient (Wildman–Crippen LogP) is -0.166. The van der Waals surface area contributed by atoms with Crippen LogP contribution in [0.3, 0.4) is 0 Å². The zero-order valence-electron chi connectivity index (χ0n) is 8.81. The summed E-state index contributed by atoms with van der Waals surface area (Å²) in [4.78, 5) is 10.5. The average Bonchev–Trinajstić information content (AvgIpc) is 2.56. The van der Waals surface area contributed by atoms with Crippen LogP contribution in [0.5, 0.6) is 0 Å². The van der Waals surface area contributed by atoms with Crippen molar-refractivity contribution in [2.45, 2.75) is 17.2 Å². The molecule has 0 saturated heterocycles. The van der Waals surface area contributed by atoms with Crippen molar-refractivity contribution in [1.29, 1.82) is 0 Å². The fraction of sp³-hybridized carbons (Fsp3) is 0.375. The van der Waals surface area contributed by atoms with Crippen molar-refractivity contribution in [3.63, 3.8) is 0 Å². The number of carbonyl (C=O) groups is 1. The van der Waals surface area contributed by atoms with E-state index in [1.165, 1.54) is 6.07 Å². The van der Waals surface area contributed by atoms with Gasteiger partial charge in [0.25, 0.3) is 0 Å². The van der Waals surface area contributed by atoms with Gasteiger partial charge in [0.05, 0.1) is 4.34 Å². The number of aliphatic hydroxyl groups excluding tert-OH is 1. The molecule has 0 aliphatic rings. The van der Waals surface area contributed by atoms with Crippen LogP contribution in [-0.2, 0) is 14.8 Å². The maximum absolute atomic E-state index is 11.7. The maximum Gasteiger partial charge on any atom is 0.250 e. The Bertz CT molecular complexity index is 506. The molecule has 17 heavy (non-hydrogen) atoms. The summed E-state index contributed by atoms with van der Waals surface area (Å²) in [6.45, 7) is 1.21. The van der Waals surface area contributed by atoms with E-state index in [4.69, 9.17) is 22.4 Å². The van der Waals surface area contributed by atoms with Gasteiger partial charge in [-0.1, -0.05) is 11.6 Å². The van der Waals surface area contributed by atoms with Crippen molar-refractivity contribution in [1.82, 2.24) is 4.72 Å². The third-order valence-electron chi connectivity index (χ3n) is 1.89. The molecule has 1 heterocycles. The number of sulfonamides is 1. The Kier molecular flexibility index (Phi) is 4.50. The molecule has 96 valence electrons. The smallest absolute Gasteiger partial charge is 0.250 e. The lowest BCUT2D eigenvalue weighted by Crippen LogP contribution is -2.39. The van der Waals surface area contributed by atoms with E-state index in [2.05, 4.69) is 4.72 Å². The number of aliphatic hydroxyl groups is 1. The number of primary amides is 1. The van der Waals surface area contributed by atoms with E-state index in [0.717, 1.165) is 11.3 Å². The molecule has 0 saturated carbocycles. The van der Waals surface area contributed by atoms with E-state index in [-0.39, 0.29) is 4.21 Å². The summed E-state index contributed by atoms with van der Waals surface area (Å²) in [7, 11) is -3.77. The van der Waals surface area contributed by atoms with Gasteiger partial charge in [-0.25, -0.2) is 13.1 Å². The van der Waals surface area contributed by atoms with Crippen LogP contribution in [0.1, 0.15) is 5.56 Å². The number of thiophene rings is 1. The average molecular weight is 299 g/mol. The van der Waals surface area contributed by atoms with E-state index >= 15 is 0 Å². The number of nitrogens with two attached hydrogens (primary N) is 1. The number of amides is 1. The molecule has 0 spiro atoms. The van der Waals surface area contributed by atoms with Gasteiger partial charge in [0, 0.05) is 6.54 Å². The van der Waals surface area contributed by atoms with Crippen LogP contribution in [0.25, 0.3) is 0 Å². The van der Waals surface area contributed by atoms with E-state index in [1.807, 2.05) is 0 Å². The Hall–Kier alpha value is -0.670. The maximum atomic E-state index is 11.7. The topological polar surface area (TPSA) is 109 Å². The summed E-state index contributed by atoms with van der Waals surface area (Å²) < 4.78 is 25.9. The molecule has 0 bridgehead atoms. The summed E-state index contributed by atoms with van der Waals surface area (Å²) in [5.74, 6) is -0.993. The fourth-order valence-electron chi connectivity index (χ4n) is 0.925. The highest BCUT2D eigenvalue weighted by Gasteiger charge is 2.21. The van der Waals surface area contributed by atoms with Crippen molar-refractivity contribution < 1.29 is 18.3 Å². The Balaban J connectivity index is 2.79. The van der Waals surface area contributed by atoms with Gasteiger partial charge in [-0.3, -0.25) is 4.79 Å². The summed E-state index contributed by atoms with van der Waals surface area (Å²) in [6, 6.07) is 1.41. The van der Waals surface area contributed by atoms with Crippen LogP contribution in [0, 0.1) is 6.92 Å². The monoisotopic (exact) mass is 298 g/mol. The van der Waals surface area contributed by atoms with Crippen LogP contribution >= 0.6 is 22.9 Å². The number of carbonyl (C=O) groups excluding carboxylic acids is 1. The molecule has 4 N–H and O–H groups in total.